The molecule has 1 unspecified atom stereocenters. The van der Waals surface area contributed by atoms with Crippen molar-refractivity contribution in [3.8, 4) is 0 Å². The summed E-state index contributed by atoms with van der Waals surface area (Å²) in [6.07, 6.45) is 8.09. The molecule has 0 spiro atoms. The summed E-state index contributed by atoms with van der Waals surface area (Å²) in [6, 6.07) is 11.5. The Balaban J connectivity index is 2.59. The summed E-state index contributed by atoms with van der Waals surface area (Å²) in [7, 11) is 0. The Labute approximate surface area is 126 Å². The van der Waals surface area contributed by atoms with Crippen molar-refractivity contribution in [1.82, 2.24) is 5.32 Å². The van der Waals surface area contributed by atoms with Crippen molar-refractivity contribution in [2.75, 3.05) is 6.54 Å². The Kier molecular flexibility index (Phi) is 7.91. The second kappa shape index (κ2) is 9.18. The second-order valence-electron chi connectivity index (χ2n) is 6.40. The average Bonchev–Trinajstić information content (AvgIpc) is 2.46. The molecule has 1 atom stereocenters. The van der Waals surface area contributed by atoms with Crippen molar-refractivity contribution in [2.45, 2.75) is 77.7 Å². The van der Waals surface area contributed by atoms with Crippen LogP contribution in [0.2, 0.25) is 0 Å². The van der Waals surface area contributed by atoms with Gasteiger partial charge in [-0.15, -0.1) is 0 Å². The fraction of sp³-hybridized carbons (Fsp3) is 0.684. The number of unbranched alkanes of at least 4 members (excludes halogenated alkanes) is 4. The summed E-state index contributed by atoms with van der Waals surface area (Å²) < 4.78 is 0. The zero-order valence-electron chi connectivity index (χ0n) is 13.9. The van der Waals surface area contributed by atoms with E-state index in [0.29, 0.717) is 6.04 Å². The molecule has 0 heterocycles. The van der Waals surface area contributed by atoms with Crippen molar-refractivity contribution in [2.24, 2.45) is 0 Å². The molecule has 20 heavy (non-hydrogen) atoms. The number of hydrogen-bond donors (Lipinski definition) is 1. The van der Waals surface area contributed by atoms with Crippen molar-refractivity contribution >= 4 is 0 Å². The molecule has 114 valence electrons. The quantitative estimate of drug-likeness (QED) is 0.571. The molecule has 1 rings (SSSR count). The first-order valence-corrected chi connectivity index (χ1v) is 8.41. The van der Waals surface area contributed by atoms with Crippen LogP contribution in [0, 0.1) is 0 Å². The number of nitrogens with one attached hydrogen (secondary N) is 1. The van der Waals surface area contributed by atoms with Gasteiger partial charge in [0.15, 0.2) is 0 Å². The minimum atomic E-state index is 0.196. The molecule has 1 nitrogen and oxygen atoms in total. The molecule has 1 aromatic rings. The van der Waals surface area contributed by atoms with Crippen molar-refractivity contribution in [3.05, 3.63) is 35.9 Å². The van der Waals surface area contributed by atoms with Gasteiger partial charge in [-0.1, -0.05) is 90.1 Å². The van der Waals surface area contributed by atoms with Gasteiger partial charge in [-0.2, -0.15) is 0 Å². The summed E-state index contributed by atoms with van der Waals surface area (Å²) >= 11 is 0. The third kappa shape index (κ3) is 5.28. The topological polar surface area (TPSA) is 12.0 Å². The minimum absolute atomic E-state index is 0.196. The van der Waals surface area contributed by atoms with Gasteiger partial charge < -0.3 is 5.32 Å². The Hall–Kier alpha value is -0.820. The lowest BCUT2D eigenvalue weighted by Gasteiger charge is -2.36. The van der Waals surface area contributed by atoms with Gasteiger partial charge in [0.25, 0.3) is 0 Å². The predicted molar refractivity (Wildman–Crippen MR) is 90.3 cm³/mol. The zero-order valence-corrected chi connectivity index (χ0v) is 13.9. The third-order valence-electron chi connectivity index (χ3n) is 4.44. The van der Waals surface area contributed by atoms with Crippen molar-refractivity contribution < 1.29 is 0 Å². The van der Waals surface area contributed by atoms with E-state index in [2.05, 4.69) is 63.3 Å². The monoisotopic (exact) mass is 275 g/mol. The summed E-state index contributed by atoms with van der Waals surface area (Å²) in [5.41, 5.74) is 1.64. The molecule has 1 N–H and O–H groups in total. The highest BCUT2D eigenvalue weighted by molar-refractivity contribution is 5.25. The number of rotatable bonds is 10. The maximum atomic E-state index is 3.71. The summed E-state index contributed by atoms with van der Waals surface area (Å²) in [5.74, 6) is 0. The van der Waals surface area contributed by atoms with Gasteiger partial charge in [-0.05, 0) is 18.5 Å². The first-order chi connectivity index (χ1) is 9.62. The van der Waals surface area contributed by atoms with Crippen LogP contribution >= 0.6 is 0 Å². The predicted octanol–water partition coefficient (Wildman–Crippen LogP) is 5.30. The molecule has 0 saturated heterocycles. The highest BCUT2D eigenvalue weighted by Gasteiger charge is 2.29. The van der Waals surface area contributed by atoms with Crippen LogP contribution < -0.4 is 5.32 Å². The molecule has 0 fully saturated rings. The van der Waals surface area contributed by atoms with Crippen LogP contribution in [-0.4, -0.2) is 12.6 Å². The van der Waals surface area contributed by atoms with E-state index in [0.717, 1.165) is 6.54 Å². The van der Waals surface area contributed by atoms with Gasteiger partial charge in [0, 0.05) is 11.5 Å². The van der Waals surface area contributed by atoms with Gasteiger partial charge in [-0.25, -0.2) is 0 Å². The molecule has 0 aliphatic rings. The highest BCUT2D eigenvalue weighted by atomic mass is 14.9. The smallest absolute Gasteiger partial charge is 0.0159 e. The molecular weight excluding hydrogens is 242 g/mol. The molecule has 0 aliphatic heterocycles. The van der Waals surface area contributed by atoms with E-state index in [-0.39, 0.29) is 5.41 Å². The molecule has 0 aliphatic carbocycles. The summed E-state index contributed by atoms with van der Waals surface area (Å²) in [6.45, 7) is 10.3. The summed E-state index contributed by atoms with van der Waals surface area (Å²) in [4.78, 5) is 0. The molecular formula is C19H33N. The summed E-state index contributed by atoms with van der Waals surface area (Å²) in [5, 5.41) is 3.71. The molecule has 0 saturated carbocycles. The van der Waals surface area contributed by atoms with E-state index in [4.69, 9.17) is 0 Å². The molecule has 0 bridgehead atoms. The Morgan fingerprint density at radius 1 is 0.950 bits per heavy atom. The van der Waals surface area contributed by atoms with Crippen LogP contribution in [0.3, 0.4) is 0 Å². The minimum Gasteiger partial charge on any atom is -0.313 e. The average molecular weight is 275 g/mol. The molecule has 1 heteroatoms. The maximum Gasteiger partial charge on any atom is 0.0159 e. The lowest BCUT2D eigenvalue weighted by molar-refractivity contribution is 0.318. The lowest BCUT2D eigenvalue weighted by Crippen LogP contribution is -2.44. The van der Waals surface area contributed by atoms with E-state index in [1.54, 1.807) is 0 Å². The van der Waals surface area contributed by atoms with Crippen molar-refractivity contribution in [1.29, 1.82) is 0 Å². The number of benzene rings is 1. The van der Waals surface area contributed by atoms with Gasteiger partial charge in [0.05, 0.1) is 0 Å². The molecule has 0 amide bonds. The Morgan fingerprint density at radius 3 is 2.20 bits per heavy atom. The molecule has 0 aromatic heterocycles. The van der Waals surface area contributed by atoms with E-state index in [9.17, 15) is 0 Å². The number of hydrogen-bond acceptors (Lipinski definition) is 1. The Bertz CT molecular complexity index is 342. The third-order valence-corrected chi connectivity index (χ3v) is 4.44. The molecule has 1 aromatic carbocycles. The van der Waals surface area contributed by atoms with Crippen LogP contribution in [0.5, 0.6) is 0 Å². The Morgan fingerprint density at radius 2 is 1.60 bits per heavy atom. The van der Waals surface area contributed by atoms with Gasteiger partial charge in [-0.3, -0.25) is 0 Å². The van der Waals surface area contributed by atoms with E-state index < -0.39 is 0 Å². The normalized spacial score (nSPS) is 13.4. The van der Waals surface area contributed by atoms with Crippen LogP contribution in [0.1, 0.15) is 71.8 Å². The first-order valence-electron chi connectivity index (χ1n) is 8.41. The van der Waals surface area contributed by atoms with Gasteiger partial charge in [0.1, 0.15) is 0 Å². The SMILES string of the molecule is CCCCCCCC(NCC)C(C)(C)c1ccccc1. The lowest BCUT2D eigenvalue weighted by atomic mass is 9.75. The van der Waals surface area contributed by atoms with E-state index >= 15 is 0 Å². The fourth-order valence-electron chi connectivity index (χ4n) is 2.99. The molecule has 0 radical (unpaired) electrons. The first kappa shape index (κ1) is 17.2. The van der Waals surface area contributed by atoms with Crippen LogP contribution in [0.25, 0.3) is 0 Å². The number of likely N-dealkylation sites (N-methyl/N-ethyl adjacent to an activating group) is 1. The standard InChI is InChI=1S/C19H33N/c1-5-7-8-9-13-16-18(20-6-2)19(3,4)17-14-11-10-12-15-17/h10-12,14-15,18,20H,5-9,13,16H2,1-4H3. The second-order valence-corrected chi connectivity index (χ2v) is 6.40. The van der Waals surface area contributed by atoms with Crippen LogP contribution in [-0.2, 0) is 5.41 Å². The zero-order chi connectivity index (χ0) is 14.8. The van der Waals surface area contributed by atoms with Gasteiger partial charge >= 0.3 is 0 Å². The highest BCUT2D eigenvalue weighted by Crippen LogP contribution is 2.29. The maximum absolute atomic E-state index is 3.71. The fourth-order valence-corrected chi connectivity index (χ4v) is 2.99. The van der Waals surface area contributed by atoms with Crippen molar-refractivity contribution in [3.63, 3.8) is 0 Å². The van der Waals surface area contributed by atoms with E-state index in [1.807, 2.05) is 0 Å². The van der Waals surface area contributed by atoms with Crippen LogP contribution in [0.4, 0.5) is 0 Å². The largest absolute Gasteiger partial charge is 0.313 e. The van der Waals surface area contributed by atoms with E-state index in [1.165, 1.54) is 44.1 Å². The van der Waals surface area contributed by atoms with Gasteiger partial charge in [0.2, 0.25) is 0 Å². The van der Waals surface area contributed by atoms with Crippen LogP contribution in [0.15, 0.2) is 30.3 Å².